The second kappa shape index (κ2) is 11.2. The number of aryl methyl sites for hydroxylation is 2. The van der Waals surface area contributed by atoms with Gasteiger partial charge in [0.15, 0.2) is 0 Å². The lowest BCUT2D eigenvalue weighted by Gasteiger charge is -2.17. The number of hydrogen-bond acceptors (Lipinski definition) is 8. The van der Waals surface area contributed by atoms with Gasteiger partial charge in [-0.1, -0.05) is 30.7 Å². The van der Waals surface area contributed by atoms with Crippen molar-refractivity contribution >= 4 is 28.3 Å². The Bertz CT molecular complexity index is 1600. The van der Waals surface area contributed by atoms with Crippen LogP contribution in [0.4, 0.5) is 5.69 Å². The normalized spacial score (nSPS) is 12.9. The fourth-order valence-corrected chi connectivity index (χ4v) is 4.31. The van der Waals surface area contributed by atoms with Crippen molar-refractivity contribution in [2.45, 2.75) is 33.4 Å². The molecule has 37 heavy (non-hydrogen) atoms. The van der Waals surface area contributed by atoms with Crippen LogP contribution in [0.15, 0.2) is 61.5 Å². The van der Waals surface area contributed by atoms with Crippen molar-refractivity contribution in [3.8, 4) is 0 Å². The molecule has 1 atom stereocenters. The number of nitrogens with two attached hydrogens (primary N) is 2. The van der Waals surface area contributed by atoms with E-state index in [2.05, 4.69) is 9.83 Å². The van der Waals surface area contributed by atoms with E-state index in [1.54, 1.807) is 36.4 Å². The van der Waals surface area contributed by atoms with Crippen LogP contribution in [0.3, 0.4) is 0 Å². The van der Waals surface area contributed by atoms with Crippen molar-refractivity contribution < 1.29 is 14.4 Å². The number of aliphatic hydroxyl groups excluding tert-OH is 1. The van der Waals surface area contributed by atoms with Crippen molar-refractivity contribution in [1.82, 2.24) is 13.8 Å². The highest BCUT2D eigenvalue weighted by molar-refractivity contribution is 6.30. The standard InChI is InChI=1S/C25H29ClN6O5/c1-3-21-15(2)20-10-19(8-9-22(20)37-21)29-23-30(11-16-4-6-18(26)7-5-16)24(34)31(25(35)32(23)27)12-17(13-33)14-36-28/h4-10,17,33H,3,11-14,27-28H2,1-2H3/b29-23-. The van der Waals surface area contributed by atoms with Gasteiger partial charge >= 0.3 is 11.4 Å². The molecule has 0 fully saturated rings. The molecule has 0 aliphatic rings. The van der Waals surface area contributed by atoms with Crippen molar-refractivity contribution in [2.24, 2.45) is 16.8 Å². The van der Waals surface area contributed by atoms with Gasteiger partial charge in [0.25, 0.3) is 0 Å². The molecule has 0 saturated heterocycles. The molecule has 2 heterocycles. The summed E-state index contributed by atoms with van der Waals surface area (Å²) in [5, 5.41) is 11.1. The molecule has 0 amide bonds. The quantitative estimate of drug-likeness (QED) is 0.220. The largest absolute Gasteiger partial charge is 0.461 e. The molecule has 0 aliphatic heterocycles. The number of benzene rings is 2. The van der Waals surface area contributed by atoms with Crippen LogP contribution >= 0.6 is 11.6 Å². The van der Waals surface area contributed by atoms with E-state index in [-0.39, 0.29) is 31.9 Å². The number of hydrogen-bond donors (Lipinski definition) is 3. The summed E-state index contributed by atoms with van der Waals surface area (Å²) in [6.07, 6.45) is 0.749. The summed E-state index contributed by atoms with van der Waals surface area (Å²) in [7, 11) is 0. The first-order valence-corrected chi connectivity index (χ1v) is 12.1. The van der Waals surface area contributed by atoms with E-state index in [9.17, 15) is 14.7 Å². The zero-order valence-electron chi connectivity index (χ0n) is 20.6. The van der Waals surface area contributed by atoms with Crippen molar-refractivity contribution in [3.05, 3.63) is 91.0 Å². The third-order valence-corrected chi connectivity index (χ3v) is 6.46. The Morgan fingerprint density at radius 2 is 1.86 bits per heavy atom. The lowest BCUT2D eigenvalue weighted by molar-refractivity contribution is 0.0645. The molecule has 0 saturated carbocycles. The number of nitrogen functional groups attached to an aromatic ring is 1. The number of rotatable bonds is 9. The van der Waals surface area contributed by atoms with Gasteiger partial charge in [-0.2, -0.15) is 4.68 Å². The van der Waals surface area contributed by atoms with Gasteiger partial charge in [0.05, 0.1) is 18.8 Å². The van der Waals surface area contributed by atoms with Crippen LogP contribution in [0.1, 0.15) is 23.8 Å². The average molecular weight is 529 g/mol. The lowest BCUT2D eigenvalue weighted by atomic mass is 10.1. The average Bonchev–Trinajstić information content (AvgIpc) is 3.22. The van der Waals surface area contributed by atoms with Gasteiger partial charge in [0, 0.05) is 35.9 Å². The van der Waals surface area contributed by atoms with E-state index in [4.69, 9.17) is 27.8 Å². The van der Waals surface area contributed by atoms with Gasteiger partial charge < -0.3 is 20.2 Å². The number of aliphatic hydroxyl groups is 1. The minimum absolute atomic E-state index is 0.0481. The van der Waals surface area contributed by atoms with E-state index in [0.717, 1.165) is 43.5 Å². The second-order valence-electron chi connectivity index (χ2n) is 8.74. The predicted octanol–water partition coefficient (Wildman–Crippen LogP) is 1.58. The zero-order chi connectivity index (χ0) is 26.7. The highest BCUT2D eigenvalue weighted by Gasteiger charge is 2.18. The molecule has 0 spiro atoms. The summed E-state index contributed by atoms with van der Waals surface area (Å²) >= 11 is 6.02. The minimum atomic E-state index is -0.791. The Labute approximate surface area is 216 Å². The molecule has 2 aromatic heterocycles. The first-order valence-electron chi connectivity index (χ1n) is 11.7. The zero-order valence-corrected chi connectivity index (χ0v) is 21.3. The summed E-state index contributed by atoms with van der Waals surface area (Å²) in [5.74, 6) is 11.6. The fraction of sp³-hybridized carbons (Fsp3) is 0.320. The van der Waals surface area contributed by atoms with Gasteiger partial charge in [-0.3, -0.25) is 4.57 Å². The fourth-order valence-electron chi connectivity index (χ4n) is 4.18. The molecular formula is C25H29ClN6O5. The summed E-state index contributed by atoms with van der Waals surface area (Å²) in [4.78, 5) is 36.0. The van der Waals surface area contributed by atoms with Gasteiger partial charge in [-0.25, -0.2) is 25.0 Å². The molecule has 0 bridgehead atoms. The molecule has 1 unspecified atom stereocenters. The number of nitrogens with zero attached hydrogens (tertiary/aromatic N) is 4. The lowest BCUT2D eigenvalue weighted by Crippen LogP contribution is -2.58. The first kappa shape index (κ1) is 26.4. The van der Waals surface area contributed by atoms with Gasteiger partial charge in [0.1, 0.15) is 11.3 Å². The first-order chi connectivity index (χ1) is 17.8. The van der Waals surface area contributed by atoms with Crippen molar-refractivity contribution in [2.75, 3.05) is 19.1 Å². The smallest absolute Gasteiger partial charge is 0.353 e. The predicted molar refractivity (Wildman–Crippen MR) is 140 cm³/mol. The van der Waals surface area contributed by atoms with Gasteiger partial charge in [-0.15, -0.1) is 0 Å². The summed E-state index contributed by atoms with van der Waals surface area (Å²) in [5.41, 5.74) is 1.47. The highest BCUT2D eigenvalue weighted by Crippen LogP contribution is 2.29. The summed E-state index contributed by atoms with van der Waals surface area (Å²) in [6.45, 7) is 3.50. The third-order valence-electron chi connectivity index (χ3n) is 6.21. The number of halogens is 1. The maximum absolute atomic E-state index is 13.6. The third kappa shape index (κ3) is 5.39. The van der Waals surface area contributed by atoms with Crippen LogP contribution in [0.2, 0.25) is 5.02 Å². The molecule has 0 aliphatic carbocycles. The molecule has 5 N–H and O–H groups in total. The maximum Gasteiger partial charge on any atom is 0.353 e. The summed E-state index contributed by atoms with van der Waals surface area (Å²) in [6, 6.07) is 12.3. The van der Waals surface area contributed by atoms with Crippen molar-refractivity contribution in [1.29, 1.82) is 0 Å². The number of fused-ring (bicyclic) bond motifs is 1. The Morgan fingerprint density at radius 1 is 1.14 bits per heavy atom. The molecule has 196 valence electrons. The van der Waals surface area contributed by atoms with Crippen LogP contribution in [0.25, 0.3) is 11.0 Å². The van der Waals surface area contributed by atoms with Crippen LogP contribution < -0.4 is 28.7 Å². The Morgan fingerprint density at radius 3 is 2.51 bits per heavy atom. The second-order valence-corrected chi connectivity index (χ2v) is 9.17. The van der Waals surface area contributed by atoms with Crippen LogP contribution in [0, 0.1) is 12.8 Å². The van der Waals surface area contributed by atoms with E-state index < -0.39 is 17.3 Å². The monoisotopic (exact) mass is 528 g/mol. The minimum Gasteiger partial charge on any atom is -0.461 e. The highest BCUT2D eigenvalue weighted by atomic mass is 35.5. The van der Waals surface area contributed by atoms with Crippen molar-refractivity contribution in [3.63, 3.8) is 0 Å². The van der Waals surface area contributed by atoms with Crippen LogP contribution in [-0.2, 0) is 24.3 Å². The van der Waals surface area contributed by atoms with Gasteiger partial charge in [0.2, 0.25) is 5.62 Å². The number of aromatic nitrogens is 3. The summed E-state index contributed by atoms with van der Waals surface area (Å²) < 4.78 is 8.93. The number of furan rings is 1. The topological polar surface area (TPSA) is 156 Å². The van der Waals surface area contributed by atoms with E-state index in [0.29, 0.717) is 10.7 Å². The molecule has 4 aromatic rings. The molecule has 4 rings (SSSR count). The Kier molecular flexibility index (Phi) is 7.98. The van der Waals surface area contributed by atoms with E-state index in [1.807, 2.05) is 19.9 Å². The Hall–Kier alpha value is -3.64. The van der Waals surface area contributed by atoms with E-state index in [1.165, 1.54) is 4.57 Å². The molecule has 12 heteroatoms. The van der Waals surface area contributed by atoms with Gasteiger partial charge in [-0.05, 0) is 48.4 Å². The molecule has 11 nitrogen and oxygen atoms in total. The maximum atomic E-state index is 13.6. The SMILES string of the molecule is CCc1oc2ccc(/N=c3\n(N)c(=O)n(CC(CO)CON)c(=O)n3Cc3ccc(Cl)cc3)cc2c1C. The molecular weight excluding hydrogens is 500 g/mol. The van der Waals surface area contributed by atoms with Crippen LogP contribution in [-0.4, -0.2) is 32.1 Å². The van der Waals surface area contributed by atoms with Crippen LogP contribution in [0.5, 0.6) is 0 Å². The molecule has 2 aromatic carbocycles. The van der Waals surface area contributed by atoms with E-state index >= 15 is 0 Å². The Balaban J connectivity index is 1.93. The molecule has 0 radical (unpaired) electrons.